The predicted molar refractivity (Wildman–Crippen MR) is 119 cm³/mol. The van der Waals surface area contributed by atoms with E-state index in [4.69, 9.17) is 11.2 Å². The van der Waals surface area contributed by atoms with Gasteiger partial charge in [0, 0.05) is 10.0 Å². The summed E-state index contributed by atoms with van der Waals surface area (Å²) in [4.78, 5) is 17.7. The topological polar surface area (TPSA) is 43.6 Å². The Labute approximate surface area is 180 Å². The van der Waals surface area contributed by atoms with Gasteiger partial charge in [0.15, 0.2) is 4.80 Å². The maximum absolute atomic E-state index is 12.8. The predicted octanol–water partition coefficient (Wildman–Crippen LogP) is 5.63. The molecule has 0 aliphatic heterocycles. The molecule has 0 saturated heterocycles. The highest BCUT2D eigenvalue weighted by molar-refractivity contribution is 9.10. The van der Waals surface area contributed by atoms with E-state index in [-0.39, 0.29) is 5.91 Å². The van der Waals surface area contributed by atoms with Crippen molar-refractivity contribution in [3.63, 3.8) is 0 Å². The van der Waals surface area contributed by atoms with Crippen molar-refractivity contribution < 1.29 is 9.53 Å². The number of thiazole rings is 1. The molecular weight excluding hydrogens is 448 g/mol. The van der Waals surface area contributed by atoms with Crippen LogP contribution in [0.3, 0.4) is 0 Å². The summed E-state index contributed by atoms with van der Waals surface area (Å²) in [5.74, 6) is 3.57. The van der Waals surface area contributed by atoms with E-state index in [1.54, 1.807) is 24.3 Å². The molecule has 1 amide bonds. The molecule has 6 heteroatoms. The van der Waals surface area contributed by atoms with E-state index < -0.39 is 0 Å². The number of halogens is 1. The summed E-state index contributed by atoms with van der Waals surface area (Å²) in [6, 6.07) is 22.3. The summed E-state index contributed by atoms with van der Waals surface area (Å²) in [6.07, 6.45) is 5.53. The van der Waals surface area contributed by atoms with Gasteiger partial charge in [-0.25, -0.2) is 0 Å². The lowest BCUT2D eigenvalue weighted by atomic mass is 10.2. The average Bonchev–Trinajstić information content (AvgIpc) is 3.05. The van der Waals surface area contributed by atoms with Gasteiger partial charge in [-0.05, 0) is 48.5 Å². The molecule has 0 N–H and O–H groups in total. The van der Waals surface area contributed by atoms with Crippen LogP contribution in [0, 0.1) is 12.3 Å². The summed E-state index contributed by atoms with van der Waals surface area (Å²) >= 11 is 4.90. The van der Waals surface area contributed by atoms with Crippen molar-refractivity contribution in [1.82, 2.24) is 4.57 Å². The fourth-order valence-corrected chi connectivity index (χ4v) is 4.42. The van der Waals surface area contributed by atoms with Crippen LogP contribution in [0.5, 0.6) is 11.5 Å². The van der Waals surface area contributed by atoms with Crippen LogP contribution in [0.1, 0.15) is 10.4 Å². The van der Waals surface area contributed by atoms with Gasteiger partial charge in [-0.3, -0.25) is 4.79 Å². The summed E-state index contributed by atoms with van der Waals surface area (Å²) in [5.41, 5.74) is 1.40. The van der Waals surface area contributed by atoms with Gasteiger partial charge < -0.3 is 9.30 Å². The first-order chi connectivity index (χ1) is 14.1. The lowest BCUT2D eigenvalue weighted by molar-refractivity contribution is 0.0997. The smallest absolute Gasteiger partial charge is 0.279 e. The third-order valence-corrected chi connectivity index (χ3v) is 5.69. The Balaban J connectivity index is 1.70. The quantitative estimate of drug-likeness (QED) is 0.368. The Hall–Kier alpha value is -3.14. The lowest BCUT2D eigenvalue weighted by Gasteiger charge is -2.06. The lowest BCUT2D eigenvalue weighted by Crippen LogP contribution is -2.16. The Morgan fingerprint density at radius 1 is 1.07 bits per heavy atom. The number of aromatic nitrogens is 1. The molecule has 29 heavy (non-hydrogen) atoms. The third kappa shape index (κ3) is 4.32. The van der Waals surface area contributed by atoms with Crippen molar-refractivity contribution in [2.24, 2.45) is 4.99 Å². The van der Waals surface area contributed by atoms with Crippen LogP contribution in [-0.2, 0) is 6.54 Å². The highest BCUT2D eigenvalue weighted by Crippen LogP contribution is 2.24. The maximum Gasteiger partial charge on any atom is 0.279 e. The van der Waals surface area contributed by atoms with E-state index in [0.717, 1.165) is 14.7 Å². The largest absolute Gasteiger partial charge is 0.457 e. The number of amides is 1. The normalized spacial score (nSPS) is 11.4. The van der Waals surface area contributed by atoms with Gasteiger partial charge in [0.2, 0.25) is 0 Å². The molecule has 4 rings (SSSR count). The number of carbonyl (C=O) groups is 1. The SMILES string of the molecule is C#CCn1c(=NC(=O)c2cccc(Oc3ccccc3)c2)sc2cc(Br)ccc21. The number of para-hydroxylation sites is 1. The first-order valence-corrected chi connectivity index (χ1v) is 10.4. The number of rotatable bonds is 4. The molecular formula is C23H15BrN2O2S. The molecule has 0 radical (unpaired) electrons. The van der Waals surface area contributed by atoms with E-state index in [9.17, 15) is 4.79 Å². The molecule has 0 spiro atoms. The zero-order chi connectivity index (χ0) is 20.2. The number of ether oxygens (including phenoxy) is 1. The molecule has 3 aromatic carbocycles. The van der Waals surface area contributed by atoms with E-state index >= 15 is 0 Å². The Morgan fingerprint density at radius 3 is 2.66 bits per heavy atom. The van der Waals surface area contributed by atoms with Crippen LogP contribution in [0.25, 0.3) is 10.2 Å². The summed E-state index contributed by atoms with van der Waals surface area (Å²) in [6.45, 7) is 0.338. The average molecular weight is 463 g/mol. The highest BCUT2D eigenvalue weighted by Gasteiger charge is 2.10. The molecule has 142 valence electrons. The second-order valence-corrected chi connectivity index (χ2v) is 8.07. The molecule has 0 aliphatic carbocycles. The van der Waals surface area contributed by atoms with Crippen molar-refractivity contribution in [2.45, 2.75) is 6.54 Å². The minimum absolute atomic E-state index is 0.338. The van der Waals surface area contributed by atoms with Gasteiger partial charge in [0.1, 0.15) is 11.5 Å². The van der Waals surface area contributed by atoms with Crippen molar-refractivity contribution in [2.75, 3.05) is 0 Å². The number of carbonyl (C=O) groups excluding carboxylic acids is 1. The Morgan fingerprint density at radius 2 is 1.86 bits per heavy atom. The van der Waals surface area contributed by atoms with Crippen LogP contribution >= 0.6 is 27.3 Å². The summed E-state index contributed by atoms with van der Waals surface area (Å²) in [7, 11) is 0. The van der Waals surface area contributed by atoms with Crippen molar-refractivity contribution in [3.8, 4) is 23.8 Å². The van der Waals surface area contributed by atoms with Crippen molar-refractivity contribution >= 4 is 43.4 Å². The standard InChI is InChI=1S/C23H15BrN2O2S/c1-2-13-26-20-12-11-17(24)15-21(20)29-23(26)25-22(27)16-7-6-10-19(14-16)28-18-8-4-3-5-9-18/h1,3-12,14-15H,13H2. The monoisotopic (exact) mass is 462 g/mol. The van der Waals surface area contributed by atoms with E-state index in [1.165, 1.54) is 11.3 Å². The van der Waals surface area contributed by atoms with E-state index in [2.05, 4.69) is 26.8 Å². The first-order valence-electron chi connectivity index (χ1n) is 8.78. The second-order valence-electron chi connectivity index (χ2n) is 6.15. The van der Waals surface area contributed by atoms with Crippen molar-refractivity contribution in [3.05, 3.63) is 87.6 Å². The van der Waals surface area contributed by atoms with E-state index in [1.807, 2.05) is 53.1 Å². The number of nitrogens with zero attached hydrogens (tertiary/aromatic N) is 2. The second kappa shape index (κ2) is 8.48. The number of benzene rings is 3. The number of hydrogen-bond acceptors (Lipinski definition) is 3. The molecule has 0 saturated carbocycles. The van der Waals surface area contributed by atoms with Crippen LogP contribution in [-0.4, -0.2) is 10.5 Å². The Bertz CT molecular complexity index is 1300. The van der Waals surface area contributed by atoms with Gasteiger partial charge >= 0.3 is 0 Å². The van der Waals surface area contributed by atoms with Gasteiger partial charge in [-0.2, -0.15) is 4.99 Å². The molecule has 0 aliphatic rings. The highest BCUT2D eigenvalue weighted by atomic mass is 79.9. The van der Waals surface area contributed by atoms with Crippen LogP contribution in [0.2, 0.25) is 0 Å². The fraction of sp³-hybridized carbons (Fsp3) is 0.0435. The van der Waals surface area contributed by atoms with Crippen LogP contribution < -0.4 is 9.54 Å². The molecule has 0 bridgehead atoms. The molecule has 1 aromatic heterocycles. The van der Waals surface area contributed by atoms with Gasteiger partial charge in [-0.15, -0.1) is 6.42 Å². The third-order valence-electron chi connectivity index (χ3n) is 4.15. The van der Waals surface area contributed by atoms with Gasteiger partial charge in [0.25, 0.3) is 5.91 Å². The zero-order valence-electron chi connectivity index (χ0n) is 15.2. The van der Waals surface area contributed by atoms with Crippen LogP contribution in [0.4, 0.5) is 0 Å². The molecule has 0 unspecified atom stereocenters. The number of fused-ring (bicyclic) bond motifs is 1. The van der Waals surface area contributed by atoms with Crippen LogP contribution in [0.15, 0.2) is 82.3 Å². The molecule has 4 nitrogen and oxygen atoms in total. The van der Waals surface area contributed by atoms with Gasteiger partial charge in [-0.1, -0.05) is 57.5 Å². The van der Waals surface area contributed by atoms with Gasteiger partial charge in [0.05, 0.1) is 16.8 Å². The molecule has 1 heterocycles. The first kappa shape index (κ1) is 19.2. The Kier molecular flexibility index (Phi) is 5.61. The maximum atomic E-state index is 12.8. The number of terminal acetylenes is 1. The summed E-state index contributed by atoms with van der Waals surface area (Å²) < 4.78 is 9.65. The molecule has 0 fully saturated rings. The van der Waals surface area contributed by atoms with Crippen molar-refractivity contribution in [1.29, 1.82) is 0 Å². The minimum atomic E-state index is -0.347. The molecule has 4 aromatic rings. The van der Waals surface area contributed by atoms with E-state index in [0.29, 0.717) is 28.4 Å². The summed E-state index contributed by atoms with van der Waals surface area (Å²) in [5, 5.41) is 0. The molecule has 0 atom stereocenters. The number of hydrogen-bond donors (Lipinski definition) is 0. The minimum Gasteiger partial charge on any atom is -0.457 e. The fourth-order valence-electron chi connectivity index (χ4n) is 2.85. The zero-order valence-corrected chi connectivity index (χ0v) is 17.6.